The Balaban J connectivity index is 0.00000288. The Bertz CT molecular complexity index is 499. The molecule has 2 rings (SSSR count). The summed E-state index contributed by atoms with van der Waals surface area (Å²) in [7, 11) is 1.82. The highest BCUT2D eigenvalue weighted by atomic mass is 127. The number of hydrogen-bond acceptors (Lipinski definition) is 3. The quantitative estimate of drug-likeness (QED) is 0.384. The molecule has 5 nitrogen and oxygen atoms in total. The van der Waals surface area contributed by atoms with Crippen LogP contribution in [0.2, 0.25) is 0 Å². The summed E-state index contributed by atoms with van der Waals surface area (Å²) in [6.07, 6.45) is 7.30. The minimum Gasteiger partial charge on any atom is -0.359 e. The Morgan fingerprint density at radius 3 is 2.75 bits per heavy atom. The normalized spacial score (nSPS) is 21.5. The second-order valence-electron chi connectivity index (χ2n) is 6.77. The molecule has 0 radical (unpaired) electrons. The maximum atomic E-state index is 5.46. The van der Waals surface area contributed by atoms with Crippen molar-refractivity contribution in [2.45, 2.75) is 77.8 Å². The number of nitrogens with one attached hydrogen (secondary N) is 2. The van der Waals surface area contributed by atoms with Crippen molar-refractivity contribution >= 4 is 29.9 Å². The Hall–Kier alpha value is -0.790. The largest absolute Gasteiger partial charge is 0.359 e. The fraction of sp³-hybridized carbons (Fsp3) is 0.778. The maximum absolute atomic E-state index is 5.46. The van der Waals surface area contributed by atoms with E-state index in [-0.39, 0.29) is 24.0 Å². The van der Waals surface area contributed by atoms with Gasteiger partial charge in [0.15, 0.2) is 11.7 Å². The van der Waals surface area contributed by atoms with E-state index in [9.17, 15) is 0 Å². The molecule has 2 unspecified atom stereocenters. The summed E-state index contributed by atoms with van der Waals surface area (Å²) < 4.78 is 5.46. The van der Waals surface area contributed by atoms with Crippen LogP contribution in [0.3, 0.4) is 0 Å². The van der Waals surface area contributed by atoms with Crippen molar-refractivity contribution in [3.05, 3.63) is 17.5 Å². The van der Waals surface area contributed by atoms with Crippen molar-refractivity contribution < 1.29 is 4.52 Å². The minimum atomic E-state index is 0. The first kappa shape index (κ1) is 21.3. The van der Waals surface area contributed by atoms with Gasteiger partial charge >= 0.3 is 0 Å². The predicted octanol–water partition coefficient (Wildman–Crippen LogP) is 4.44. The first-order valence-corrected chi connectivity index (χ1v) is 9.08. The molecule has 1 aliphatic rings. The van der Waals surface area contributed by atoms with Gasteiger partial charge in [-0.2, -0.15) is 0 Å². The molecule has 0 amide bonds. The van der Waals surface area contributed by atoms with E-state index in [0.29, 0.717) is 18.5 Å². The summed E-state index contributed by atoms with van der Waals surface area (Å²) >= 11 is 0. The van der Waals surface area contributed by atoms with Crippen molar-refractivity contribution in [2.75, 3.05) is 7.05 Å². The van der Waals surface area contributed by atoms with E-state index < -0.39 is 0 Å². The zero-order chi connectivity index (χ0) is 16.7. The van der Waals surface area contributed by atoms with Crippen LogP contribution >= 0.6 is 24.0 Å². The molecule has 1 saturated carbocycles. The van der Waals surface area contributed by atoms with Crippen LogP contribution in [0.5, 0.6) is 0 Å². The minimum absolute atomic E-state index is 0. The number of halogens is 1. The molecule has 24 heavy (non-hydrogen) atoms. The van der Waals surface area contributed by atoms with Gasteiger partial charge in [-0.15, -0.1) is 24.0 Å². The molecule has 1 fully saturated rings. The summed E-state index contributed by atoms with van der Waals surface area (Å²) in [5.41, 5.74) is 1.07. The van der Waals surface area contributed by atoms with Crippen LogP contribution in [0, 0.1) is 5.92 Å². The van der Waals surface area contributed by atoms with Crippen molar-refractivity contribution in [1.82, 2.24) is 15.8 Å². The standard InChI is InChI=1S/C18H32N4O.HI/c1-5-14(6-2)17-11-16(23-22-17)12-20-18(19-4)21-15-9-7-8-13(3)10-15;/h11,13-15H,5-10,12H2,1-4H3,(H2,19,20,21);1H. The predicted molar refractivity (Wildman–Crippen MR) is 110 cm³/mol. The molecule has 0 saturated heterocycles. The van der Waals surface area contributed by atoms with Crippen molar-refractivity contribution in [1.29, 1.82) is 0 Å². The molecule has 1 aromatic heterocycles. The fourth-order valence-corrected chi connectivity index (χ4v) is 3.44. The Labute approximate surface area is 163 Å². The molecule has 0 bridgehead atoms. The molecule has 6 heteroatoms. The number of guanidine groups is 1. The summed E-state index contributed by atoms with van der Waals surface area (Å²) in [6, 6.07) is 2.60. The maximum Gasteiger partial charge on any atom is 0.191 e. The second-order valence-corrected chi connectivity index (χ2v) is 6.77. The van der Waals surface area contributed by atoms with E-state index in [1.165, 1.54) is 25.7 Å². The molecule has 2 atom stereocenters. The van der Waals surface area contributed by atoms with E-state index in [1.54, 1.807) is 0 Å². The number of aromatic nitrogens is 1. The summed E-state index contributed by atoms with van der Waals surface area (Å²) in [5, 5.41) is 11.1. The third kappa shape index (κ3) is 6.26. The molecular weight excluding hydrogens is 415 g/mol. The monoisotopic (exact) mass is 448 g/mol. The molecule has 1 heterocycles. The van der Waals surface area contributed by atoms with Crippen LogP contribution in [0.25, 0.3) is 0 Å². The van der Waals surface area contributed by atoms with Crippen LogP contribution in [-0.4, -0.2) is 24.2 Å². The third-order valence-electron chi connectivity index (χ3n) is 4.91. The molecule has 2 N–H and O–H groups in total. The zero-order valence-corrected chi connectivity index (χ0v) is 17.8. The van der Waals surface area contributed by atoms with E-state index in [2.05, 4.69) is 47.6 Å². The van der Waals surface area contributed by atoms with Gasteiger partial charge in [0.05, 0.1) is 12.2 Å². The first-order chi connectivity index (χ1) is 11.2. The van der Waals surface area contributed by atoms with Crippen LogP contribution in [0.15, 0.2) is 15.6 Å². The summed E-state index contributed by atoms with van der Waals surface area (Å²) in [4.78, 5) is 4.33. The highest BCUT2D eigenvalue weighted by Gasteiger charge is 2.19. The molecule has 0 spiro atoms. The van der Waals surface area contributed by atoms with Gasteiger partial charge in [0, 0.05) is 25.1 Å². The Morgan fingerprint density at radius 2 is 2.12 bits per heavy atom. The van der Waals surface area contributed by atoms with Gasteiger partial charge in [0.25, 0.3) is 0 Å². The Kier molecular flexibility index (Phi) is 9.69. The molecule has 1 aromatic rings. The van der Waals surface area contributed by atoms with Crippen LogP contribution in [0.1, 0.15) is 76.7 Å². The van der Waals surface area contributed by atoms with Gasteiger partial charge in [-0.25, -0.2) is 0 Å². The molecule has 0 aliphatic heterocycles. The molecular formula is C18H33IN4O. The molecule has 138 valence electrons. The lowest BCUT2D eigenvalue weighted by Gasteiger charge is -2.28. The van der Waals surface area contributed by atoms with E-state index >= 15 is 0 Å². The average Bonchev–Trinajstić information content (AvgIpc) is 3.01. The lowest BCUT2D eigenvalue weighted by molar-refractivity contribution is 0.323. The topological polar surface area (TPSA) is 62.5 Å². The van der Waals surface area contributed by atoms with Gasteiger partial charge in [0.2, 0.25) is 0 Å². The summed E-state index contributed by atoms with van der Waals surface area (Å²) in [6.45, 7) is 7.34. The van der Waals surface area contributed by atoms with Gasteiger partial charge in [-0.05, 0) is 31.6 Å². The first-order valence-electron chi connectivity index (χ1n) is 9.08. The zero-order valence-electron chi connectivity index (χ0n) is 15.5. The van der Waals surface area contributed by atoms with Crippen LogP contribution < -0.4 is 10.6 Å². The molecule has 1 aliphatic carbocycles. The van der Waals surface area contributed by atoms with Gasteiger partial charge in [0.1, 0.15) is 0 Å². The number of nitrogens with zero attached hydrogens (tertiary/aromatic N) is 2. The Morgan fingerprint density at radius 1 is 1.38 bits per heavy atom. The smallest absolute Gasteiger partial charge is 0.191 e. The average molecular weight is 448 g/mol. The fourth-order valence-electron chi connectivity index (χ4n) is 3.44. The van der Waals surface area contributed by atoms with E-state index in [0.717, 1.165) is 36.2 Å². The highest BCUT2D eigenvalue weighted by Crippen LogP contribution is 2.24. The number of aliphatic imine (C=N–C) groups is 1. The lowest BCUT2D eigenvalue weighted by atomic mass is 9.87. The van der Waals surface area contributed by atoms with E-state index in [1.807, 2.05) is 7.05 Å². The van der Waals surface area contributed by atoms with Crippen LogP contribution in [-0.2, 0) is 6.54 Å². The summed E-state index contributed by atoms with van der Waals surface area (Å²) in [5.74, 6) is 3.02. The van der Waals surface area contributed by atoms with Gasteiger partial charge in [-0.1, -0.05) is 38.8 Å². The van der Waals surface area contributed by atoms with Gasteiger partial charge < -0.3 is 15.2 Å². The van der Waals surface area contributed by atoms with Crippen molar-refractivity contribution in [3.8, 4) is 0 Å². The second kappa shape index (κ2) is 10.9. The highest BCUT2D eigenvalue weighted by molar-refractivity contribution is 14.0. The van der Waals surface area contributed by atoms with Crippen molar-refractivity contribution in [3.63, 3.8) is 0 Å². The van der Waals surface area contributed by atoms with Gasteiger partial charge in [-0.3, -0.25) is 4.99 Å². The van der Waals surface area contributed by atoms with Crippen LogP contribution in [0.4, 0.5) is 0 Å². The van der Waals surface area contributed by atoms with E-state index in [4.69, 9.17) is 4.52 Å². The number of hydrogen-bond donors (Lipinski definition) is 2. The lowest BCUT2D eigenvalue weighted by Crippen LogP contribution is -2.44. The van der Waals surface area contributed by atoms with Crippen molar-refractivity contribution in [2.24, 2.45) is 10.9 Å². The number of rotatable bonds is 6. The molecule has 0 aromatic carbocycles. The third-order valence-corrected chi connectivity index (χ3v) is 4.91. The SMILES string of the molecule is CCC(CC)c1cc(CNC(=NC)NC2CCCC(C)C2)on1.I.